The van der Waals surface area contributed by atoms with Crippen molar-refractivity contribution in [3.05, 3.63) is 6.33 Å². The van der Waals surface area contributed by atoms with E-state index in [2.05, 4.69) is 15.5 Å². The van der Waals surface area contributed by atoms with Crippen LogP contribution in [-0.2, 0) is 10.0 Å². The summed E-state index contributed by atoms with van der Waals surface area (Å²) >= 11 is 0. The van der Waals surface area contributed by atoms with Crippen LogP contribution in [0.1, 0.15) is 0 Å². The second-order valence-electron chi connectivity index (χ2n) is 1.38. The van der Waals surface area contributed by atoms with E-state index < -0.39 is 10.0 Å². The summed E-state index contributed by atoms with van der Waals surface area (Å²) in [5.41, 5.74) is 0. The molecule has 0 aliphatic heterocycles. The van der Waals surface area contributed by atoms with E-state index >= 15 is 0 Å². The predicted molar refractivity (Wildman–Crippen MR) is 26.9 cm³/mol. The van der Waals surface area contributed by atoms with E-state index in [0.29, 0.717) is 4.09 Å². The van der Waals surface area contributed by atoms with Gasteiger partial charge in [-0.25, -0.2) is 8.42 Å². The molecule has 0 fully saturated rings. The summed E-state index contributed by atoms with van der Waals surface area (Å²) in [4.78, 5) is 0. The molecular formula is C2H3N4O2S. The normalized spacial score (nSPS) is 11.7. The summed E-state index contributed by atoms with van der Waals surface area (Å²) < 4.78 is 21.5. The average molecular weight is 147 g/mol. The monoisotopic (exact) mass is 147 g/mol. The molecule has 0 unspecified atom stereocenters. The lowest BCUT2D eigenvalue weighted by Crippen LogP contribution is -2.10. The van der Waals surface area contributed by atoms with Crippen LogP contribution in [0.4, 0.5) is 0 Å². The third-order valence-corrected chi connectivity index (χ3v) is 1.39. The number of tetrazole rings is 1. The molecule has 0 saturated carbocycles. The van der Waals surface area contributed by atoms with Gasteiger partial charge in [0.15, 0.2) is 0 Å². The maximum Gasteiger partial charge on any atom is 0.254 e. The summed E-state index contributed by atoms with van der Waals surface area (Å²) in [6.45, 7) is 0. The van der Waals surface area contributed by atoms with Crippen molar-refractivity contribution < 1.29 is 8.42 Å². The van der Waals surface area contributed by atoms with E-state index in [1.807, 2.05) is 6.33 Å². The van der Waals surface area contributed by atoms with Gasteiger partial charge < -0.3 is 0 Å². The fourth-order valence-electron chi connectivity index (χ4n) is 0.275. The molecule has 1 rings (SSSR count). The Kier molecular flexibility index (Phi) is 1.20. The van der Waals surface area contributed by atoms with Crippen LogP contribution in [0, 0.1) is 6.33 Å². The van der Waals surface area contributed by atoms with Crippen molar-refractivity contribution in [3.8, 4) is 0 Å². The molecule has 0 spiro atoms. The lowest BCUT2D eigenvalue weighted by molar-refractivity contribution is 0.583. The van der Waals surface area contributed by atoms with Crippen molar-refractivity contribution in [2.24, 2.45) is 0 Å². The van der Waals surface area contributed by atoms with Gasteiger partial charge >= 0.3 is 0 Å². The van der Waals surface area contributed by atoms with Crippen LogP contribution in [-0.4, -0.2) is 34.3 Å². The molecule has 1 heterocycles. The molecule has 0 aliphatic rings. The molecule has 0 atom stereocenters. The van der Waals surface area contributed by atoms with Crippen molar-refractivity contribution >= 4 is 10.0 Å². The van der Waals surface area contributed by atoms with E-state index in [-0.39, 0.29) is 0 Å². The Bertz CT molecular complexity index is 274. The third-order valence-electron chi connectivity index (χ3n) is 0.610. The number of nitrogens with zero attached hydrogens (tertiary/aromatic N) is 4. The molecule has 0 saturated heterocycles. The summed E-state index contributed by atoms with van der Waals surface area (Å²) in [6, 6.07) is 0. The first-order valence-corrected chi connectivity index (χ1v) is 3.82. The summed E-state index contributed by atoms with van der Waals surface area (Å²) in [6.07, 6.45) is 3.02. The highest BCUT2D eigenvalue weighted by Gasteiger charge is 2.04. The molecule has 0 aromatic carbocycles. The van der Waals surface area contributed by atoms with E-state index in [9.17, 15) is 8.42 Å². The van der Waals surface area contributed by atoms with Gasteiger partial charge in [-0.3, -0.25) is 0 Å². The summed E-state index contributed by atoms with van der Waals surface area (Å²) in [5.74, 6) is 0. The highest BCUT2D eigenvalue weighted by molar-refractivity contribution is 7.89. The first-order chi connectivity index (χ1) is 4.11. The molecule has 1 aromatic rings. The largest absolute Gasteiger partial charge is 0.254 e. The Morgan fingerprint density at radius 1 is 1.56 bits per heavy atom. The minimum absolute atomic E-state index is 0.562. The first kappa shape index (κ1) is 6.14. The quantitative estimate of drug-likeness (QED) is 0.472. The van der Waals surface area contributed by atoms with Crippen LogP contribution in [0.15, 0.2) is 0 Å². The van der Waals surface area contributed by atoms with Crippen LogP contribution in [0.5, 0.6) is 0 Å². The van der Waals surface area contributed by atoms with Gasteiger partial charge in [0.25, 0.3) is 10.0 Å². The molecule has 6 nitrogen and oxygen atoms in total. The van der Waals surface area contributed by atoms with Gasteiger partial charge in [-0.05, 0) is 10.4 Å². The zero-order valence-corrected chi connectivity index (χ0v) is 5.33. The SMILES string of the molecule is CS(=O)(=O)n1[c]nnn1. The van der Waals surface area contributed by atoms with Crippen molar-refractivity contribution in [3.63, 3.8) is 0 Å². The van der Waals surface area contributed by atoms with Crippen LogP contribution < -0.4 is 0 Å². The van der Waals surface area contributed by atoms with E-state index in [0.717, 1.165) is 6.26 Å². The average Bonchev–Trinajstić information content (AvgIpc) is 2.08. The molecule has 9 heavy (non-hydrogen) atoms. The second kappa shape index (κ2) is 1.76. The highest BCUT2D eigenvalue weighted by Crippen LogP contribution is 1.81. The zero-order chi connectivity index (χ0) is 6.91. The van der Waals surface area contributed by atoms with Crippen LogP contribution in [0.25, 0.3) is 0 Å². The van der Waals surface area contributed by atoms with E-state index in [1.54, 1.807) is 0 Å². The smallest absolute Gasteiger partial charge is 0.205 e. The molecule has 0 aliphatic carbocycles. The number of hydrogen-bond donors (Lipinski definition) is 0. The molecule has 1 radical (unpaired) electrons. The minimum atomic E-state index is -3.33. The Labute approximate surface area is 51.5 Å². The standard InChI is InChI=1S/C2H3N4O2S/c1-9(7,8)6-2-3-4-5-6/h1H3. The zero-order valence-electron chi connectivity index (χ0n) is 4.51. The van der Waals surface area contributed by atoms with Gasteiger partial charge in [-0.1, -0.05) is 0 Å². The predicted octanol–water partition coefficient (Wildman–Crippen LogP) is -1.72. The molecule has 1 aromatic heterocycles. The van der Waals surface area contributed by atoms with Gasteiger partial charge in [0.2, 0.25) is 6.33 Å². The van der Waals surface area contributed by atoms with Crippen molar-refractivity contribution in [2.75, 3.05) is 6.26 Å². The molecular weight excluding hydrogens is 144 g/mol. The van der Waals surface area contributed by atoms with E-state index in [4.69, 9.17) is 0 Å². The number of aromatic nitrogens is 4. The van der Waals surface area contributed by atoms with Crippen LogP contribution >= 0.6 is 0 Å². The number of hydrogen-bond acceptors (Lipinski definition) is 5. The van der Waals surface area contributed by atoms with Crippen LogP contribution in [0.3, 0.4) is 0 Å². The minimum Gasteiger partial charge on any atom is -0.205 e. The molecule has 0 bridgehead atoms. The van der Waals surface area contributed by atoms with Gasteiger partial charge in [0.1, 0.15) is 0 Å². The summed E-state index contributed by atoms with van der Waals surface area (Å²) in [5, 5.41) is 9.20. The van der Waals surface area contributed by atoms with Gasteiger partial charge in [0, 0.05) is 0 Å². The van der Waals surface area contributed by atoms with Crippen molar-refractivity contribution in [1.29, 1.82) is 0 Å². The molecule has 0 N–H and O–H groups in total. The third kappa shape index (κ3) is 1.22. The van der Waals surface area contributed by atoms with Crippen molar-refractivity contribution in [2.45, 2.75) is 0 Å². The Balaban J connectivity index is 3.20. The maximum atomic E-state index is 10.5. The van der Waals surface area contributed by atoms with E-state index in [1.165, 1.54) is 0 Å². The summed E-state index contributed by atoms with van der Waals surface area (Å²) in [7, 11) is -3.33. The topological polar surface area (TPSA) is 77.7 Å². The van der Waals surface area contributed by atoms with Crippen molar-refractivity contribution in [1.82, 2.24) is 19.6 Å². The second-order valence-corrected chi connectivity index (χ2v) is 3.20. The highest BCUT2D eigenvalue weighted by atomic mass is 32.2. The van der Waals surface area contributed by atoms with Gasteiger partial charge in [0.05, 0.1) is 6.26 Å². The lowest BCUT2D eigenvalue weighted by Gasteiger charge is -1.87. The molecule has 0 amide bonds. The Morgan fingerprint density at radius 3 is 2.44 bits per heavy atom. The Morgan fingerprint density at radius 2 is 2.22 bits per heavy atom. The van der Waals surface area contributed by atoms with Crippen LogP contribution in [0.2, 0.25) is 0 Å². The lowest BCUT2D eigenvalue weighted by atomic mass is 11.4. The fraction of sp³-hybridized carbons (Fsp3) is 0.500. The maximum absolute atomic E-state index is 10.5. The first-order valence-electron chi connectivity index (χ1n) is 1.97. The number of rotatable bonds is 1. The fourth-order valence-corrected chi connectivity index (χ4v) is 0.625. The molecule has 7 heteroatoms. The van der Waals surface area contributed by atoms with Gasteiger partial charge in [-0.2, -0.15) is 0 Å². The van der Waals surface area contributed by atoms with Gasteiger partial charge in [-0.15, -0.1) is 9.19 Å². The Hall–Kier alpha value is -0.980. The molecule has 49 valence electrons.